The largest absolute Gasteiger partial charge is 0.472 e. The second-order valence-electron chi connectivity index (χ2n) is 31.4. The third-order valence-corrected chi connectivity index (χ3v) is 21.9. The Bertz CT molecular complexity index is 1990. The topological polar surface area (TPSA) is 237 Å². The van der Waals surface area contributed by atoms with Crippen LogP contribution in [0.15, 0.2) is 0 Å². The maximum Gasteiger partial charge on any atom is 0.472 e. The van der Waals surface area contributed by atoms with Crippen molar-refractivity contribution < 1.29 is 80.2 Å². The molecule has 0 aromatic heterocycles. The number of aliphatic hydroxyl groups is 1. The van der Waals surface area contributed by atoms with Crippen LogP contribution in [0.3, 0.4) is 0 Å². The Kier molecular flexibility index (Phi) is 72.8. The fourth-order valence-corrected chi connectivity index (χ4v) is 14.6. The van der Waals surface area contributed by atoms with Crippen molar-refractivity contribution in [1.29, 1.82) is 0 Å². The van der Waals surface area contributed by atoms with Crippen LogP contribution in [0.2, 0.25) is 0 Å². The van der Waals surface area contributed by atoms with Gasteiger partial charge in [-0.1, -0.05) is 389 Å². The van der Waals surface area contributed by atoms with Gasteiger partial charge < -0.3 is 33.8 Å². The number of hydrogen-bond donors (Lipinski definition) is 3. The van der Waals surface area contributed by atoms with Gasteiger partial charge in [0.2, 0.25) is 0 Å². The van der Waals surface area contributed by atoms with Gasteiger partial charge in [0.1, 0.15) is 19.3 Å². The molecule has 0 saturated heterocycles. The second kappa shape index (κ2) is 74.2. The zero-order chi connectivity index (χ0) is 75.8. The molecule has 0 saturated carbocycles. The molecule has 0 heterocycles. The number of esters is 4. The van der Waals surface area contributed by atoms with Gasteiger partial charge in [-0.3, -0.25) is 37.3 Å². The highest BCUT2D eigenvalue weighted by Gasteiger charge is 2.30. The molecule has 0 aromatic carbocycles. The molecular weight excluding hydrogens is 1340 g/mol. The normalized spacial score (nSPS) is 14.2. The predicted molar refractivity (Wildman–Crippen MR) is 423 cm³/mol. The highest BCUT2D eigenvalue weighted by atomic mass is 31.2. The van der Waals surface area contributed by atoms with Crippen LogP contribution in [0.4, 0.5) is 0 Å². The number of carbonyl (C=O) groups excluding carboxylic acids is 4. The zero-order valence-electron chi connectivity index (χ0n) is 67.8. The smallest absolute Gasteiger partial charge is 0.462 e. The average molecular weight is 1510 g/mol. The van der Waals surface area contributed by atoms with E-state index in [9.17, 15) is 43.2 Å². The van der Waals surface area contributed by atoms with E-state index in [0.29, 0.717) is 31.6 Å². The summed E-state index contributed by atoms with van der Waals surface area (Å²) >= 11 is 0. The van der Waals surface area contributed by atoms with Gasteiger partial charge in [0, 0.05) is 25.7 Å². The van der Waals surface area contributed by atoms with E-state index in [1.165, 1.54) is 244 Å². The highest BCUT2D eigenvalue weighted by molar-refractivity contribution is 7.47. The Labute approximate surface area is 632 Å². The number of phosphoric ester groups is 2. The molecular formula is C84H164O17P2. The molecule has 3 N–H and O–H groups in total. The van der Waals surface area contributed by atoms with Crippen LogP contribution < -0.4 is 0 Å². The summed E-state index contributed by atoms with van der Waals surface area (Å²) in [7, 11) is -9.92. The number of aliphatic hydroxyl groups excluding tert-OH is 1. The number of unbranched alkanes of at least 4 members (excludes halogenated alkanes) is 49. The molecule has 103 heavy (non-hydrogen) atoms. The third-order valence-electron chi connectivity index (χ3n) is 20.0. The first-order valence-electron chi connectivity index (χ1n) is 43.4. The fraction of sp³-hybridized carbons (Fsp3) is 0.952. The summed E-state index contributed by atoms with van der Waals surface area (Å²) in [6.07, 6.45) is 64.0. The molecule has 3 unspecified atom stereocenters. The molecule has 6 atom stereocenters. The lowest BCUT2D eigenvalue weighted by molar-refractivity contribution is -0.161. The van der Waals surface area contributed by atoms with Crippen LogP contribution in [-0.2, 0) is 65.4 Å². The molecule has 0 rings (SSSR count). The van der Waals surface area contributed by atoms with Crippen LogP contribution in [0, 0.1) is 17.8 Å². The summed E-state index contributed by atoms with van der Waals surface area (Å²) in [5, 5.41) is 10.7. The Morgan fingerprint density at radius 2 is 0.495 bits per heavy atom. The Balaban J connectivity index is 5.22. The van der Waals surface area contributed by atoms with Crippen molar-refractivity contribution in [3.05, 3.63) is 0 Å². The Hall–Kier alpha value is -1.94. The number of carbonyl (C=O) groups is 4. The highest BCUT2D eigenvalue weighted by Crippen LogP contribution is 2.45. The molecule has 0 amide bonds. The van der Waals surface area contributed by atoms with E-state index in [-0.39, 0.29) is 25.7 Å². The van der Waals surface area contributed by atoms with Crippen LogP contribution in [-0.4, -0.2) is 96.7 Å². The standard InChI is InChI=1S/C84H164O17P2/c1-8-10-11-12-13-14-15-16-17-18-19-20-21-22-29-34-39-44-53-60-67-83(88)100-79(71-94-81(86)65-58-51-43-38-33-28-24-23-27-32-37-42-50-57-64-77(7)9-2)73-98-102(90,91)96-69-78(85)70-97-103(92,93)99-74-80(72-95-82(87)66-59-52-47-46-49-56-63-76(5)6)101-84(89)68-61-54-45-40-35-30-25-26-31-36-41-48-55-62-75(3)4/h75-80,85H,8-74H2,1-7H3,(H,90,91)(H,92,93)/t77?,78-,79-,80-/m1/s1. The van der Waals surface area contributed by atoms with Crippen LogP contribution in [0.1, 0.15) is 440 Å². The van der Waals surface area contributed by atoms with E-state index >= 15 is 0 Å². The van der Waals surface area contributed by atoms with Crippen LogP contribution in [0.5, 0.6) is 0 Å². The molecule has 612 valence electrons. The van der Waals surface area contributed by atoms with E-state index < -0.39 is 97.5 Å². The summed E-state index contributed by atoms with van der Waals surface area (Å²) in [5.41, 5.74) is 0. The van der Waals surface area contributed by atoms with Gasteiger partial charge in [-0.2, -0.15) is 0 Å². The summed E-state index contributed by atoms with van der Waals surface area (Å²) in [6.45, 7) is 11.9. The van der Waals surface area contributed by atoms with Gasteiger partial charge in [0.25, 0.3) is 0 Å². The monoisotopic (exact) mass is 1510 g/mol. The van der Waals surface area contributed by atoms with Crippen molar-refractivity contribution in [2.75, 3.05) is 39.6 Å². The van der Waals surface area contributed by atoms with Crippen molar-refractivity contribution in [3.63, 3.8) is 0 Å². The van der Waals surface area contributed by atoms with E-state index in [0.717, 1.165) is 108 Å². The van der Waals surface area contributed by atoms with Gasteiger partial charge in [0.15, 0.2) is 12.2 Å². The molecule has 17 nitrogen and oxygen atoms in total. The van der Waals surface area contributed by atoms with Crippen LogP contribution in [0.25, 0.3) is 0 Å². The lowest BCUT2D eigenvalue weighted by Crippen LogP contribution is -2.30. The fourth-order valence-electron chi connectivity index (χ4n) is 13.0. The second-order valence-corrected chi connectivity index (χ2v) is 34.3. The first-order valence-corrected chi connectivity index (χ1v) is 46.4. The van der Waals surface area contributed by atoms with E-state index in [4.69, 9.17) is 37.0 Å². The minimum atomic E-state index is -4.96. The van der Waals surface area contributed by atoms with Gasteiger partial charge in [-0.15, -0.1) is 0 Å². The molecule has 0 fully saturated rings. The molecule has 0 aliphatic rings. The van der Waals surface area contributed by atoms with Crippen molar-refractivity contribution in [1.82, 2.24) is 0 Å². The lowest BCUT2D eigenvalue weighted by Gasteiger charge is -2.21. The van der Waals surface area contributed by atoms with Crippen molar-refractivity contribution in [2.45, 2.75) is 458 Å². The van der Waals surface area contributed by atoms with Gasteiger partial charge >= 0.3 is 39.5 Å². The quantitative estimate of drug-likeness (QED) is 0.0222. The number of rotatable bonds is 82. The molecule has 0 bridgehead atoms. The summed E-state index contributed by atoms with van der Waals surface area (Å²) in [4.78, 5) is 73.1. The average Bonchev–Trinajstić information content (AvgIpc) is 0.951. The van der Waals surface area contributed by atoms with Crippen molar-refractivity contribution in [3.8, 4) is 0 Å². The lowest BCUT2D eigenvalue weighted by atomic mass is 9.99. The van der Waals surface area contributed by atoms with E-state index in [1.807, 2.05) is 0 Å². The Morgan fingerprint density at radius 1 is 0.282 bits per heavy atom. The first kappa shape index (κ1) is 101. The predicted octanol–water partition coefficient (Wildman–Crippen LogP) is 25.3. The van der Waals surface area contributed by atoms with Crippen molar-refractivity contribution >= 4 is 39.5 Å². The molecule has 0 radical (unpaired) electrons. The minimum Gasteiger partial charge on any atom is -0.462 e. The molecule has 0 aromatic rings. The molecule has 19 heteroatoms. The summed E-state index contributed by atoms with van der Waals surface area (Å²) in [6, 6.07) is 0. The SMILES string of the molecule is CCCCCCCCCCCCCCCCCCCCCCC(=O)O[C@H](COC(=O)CCCCCCCCCCCCCCCCC(C)CC)COP(=O)(O)OC[C@@H](O)COP(=O)(O)OC[C@@H](COC(=O)CCCCCCCCC(C)C)OC(=O)CCCCCCCCCCCCCCCC(C)C. The number of hydrogen-bond acceptors (Lipinski definition) is 15. The van der Waals surface area contributed by atoms with Gasteiger partial charge in [-0.05, 0) is 43.4 Å². The van der Waals surface area contributed by atoms with Crippen molar-refractivity contribution in [2.24, 2.45) is 17.8 Å². The number of ether oxygens (including phenoxy) is 4. The number of phosphoric acid groups is 2. The maximum atomic E-state index is 13.1. The molecule has 0 aliphatic carbocycles. The Morgan fingerprint density at radius 3 is 0.738 bits per heavy atom. The molecule has 0 spiro atoms. The van der Waals surface area contributed by atoms with E-state index in [1.54, 1.807) is 0 Å². The minimum absolute atomic E-state index is 0.106. The first-order chi connectivity index (χ1) is 49.8. The summed E-state index contributed by atoms with van der Waals surface area (Å²) < 4.78 is 68.8. The van der Waals surface area contributed by atoms with Gasteiger partial charge in [0.05, 0.1) is 26.4 Å². The van der Waals surface area contributed by atoms with Crippen LogP contribution >= 0.6 is 15.6 Å². The summed E-state index contributed by atoms with van der Waals surface area (Å²) in [5.74, 6) is 0.206. The van der Waals surface area contributed by atoms with Gasteiger partial charge in [-0.25, -0.2) is 9.13 Å². The third kappa shape index (κ3) is 76.6. The molecule has 0 aliphatic heterocycles. The van der Waals surface area contributed by atoms with E-state index in [2.05, 4.69) is 48.5 Å². The zero-order valence-corrected chi connectivity index (χ0v) is 69.6. The maximum absolute atomic E-state index is 13.1.